The quantitative estimate of drug-likeness (QED) is 0.222. The number of ether oxygens (including phenoxy) is 1. The number of hydrogen-bond acceptors (Lipinski definition) is 4. The number of benzene rings is 1. The van der Waals surface area contributed by atoms with Crippen LogP contribution in [-0.2, 0) is 24.1 Å². The molecule has 2 aromatic rings. The van der Waals surface area contributed by atoms with Gasteiger partial charge in [-0.2, -0.15) is 0 Å². The lowest BCUT2D eigenvalue weighted by atomic mass is 9.86. The number of carbonyl (C=O) groups is 1. The Morgan fingerprint density at radius 3 is 2.77 bits per heavy atom. The monoisotopic (exact) mass is 427 g/mol. The highest BCUT2D eigenvalue weighted by molar-refractivity contribution is 7.09. The van der Waals surface area contributed by atoms with Crippen molar-refractivity contribution < 1.29 is 9.53 Å². The molecular weight excluding hydrogens is 390 g/mol. The van der Waals surface area contributed by atoms with E-state index in [1.165, 1.54) is 35.3 Å². The number of rotatable bonds is 12. The predicted molar refractivity (Wildman–Crippen MR) is 127 cm³/mol. The number of thiophene rings is 1. The third-order valence-electron chi connectivity index (χ3n) is 6.12. The number of esters is 1. The van der Waals surface area contributed by atoms with Gasteiger partial charge in [0, 0.05) is 23.9 Å². The van der Waals surface area contributed by atoms with Crippen molar-refractivity contribution in [1.29, 1.82) is 0 Å². The van der Waals surface area contributed by atoms with Gasteiger partial charge in [-0.1, -0.05) is 51.3 Å². The predicted octanol–water partition coefficient (Wildman–Crippen LogP) is 6.44. The van der Waals surface area contributed by atoms with Crippen molar-refractivity contribution in [3.8, 4) is 5.75 Å². The average molecular weight is 428 g/mol. The Kier molecular flexibility index (Phi) is 9.41. The van der Waals surface area contributed by atoms with Crippen LogP contribution in [0.15, 0.2) is 35.7 Å². The molecule has 1 aliphatic carbocycles. The zero-order chi connectivity index (χ0) is 21.2. The van der Waals surface area contributed by atoms with Gasteiger partial charge in [-0.3, -0.25) is 9.69 Å². The molecule has 0 radical (unpaired) electrons. The fourth-order valence-corrected chi connectivity index (χ4v) is 5.20. The first-order chi connectivity index (χ1) is 14.7. The van der Waals surface area contributed by atoms with E-state index in [1.54, 1.807) is 0 Å². The molecule has 1 atom stereocenters. The van der Waals surface area contributed by atoms with Gasteiger partial charge >= 0.3 is 5.97 Å². The summed E-state index contributed by atoms with van der Waals surface area (Å²) in [6.45, 7) is 6.73. The molecule has 0 saturated carbocycles. The highest BCUT2D eigenvalue weighted by Crippen LogP contribution is 2.32. The maximum Gasteiger partial charge on any atom is 0.311 e. The van der Waals surface area contributed by atoms with Gasteiger partial charge in [0.05, 0.1) is 0 Å². The third kappa shape index (κ3) is 6.68. The van der Waals surface area contributed by atoms with Crippen molar-refractivity contribution in [2.45, 2.75) is 84.1 Å². The second kappa shape index (κ2) is 12.3. The molecule has 0 fully saturated rings. The van der Waals surface area contributed by atoms with Gasteiger partial charge in [0.2, 0.25) is 0 Å². The first kappa shape index (κ1) is 23.0. The number of nitrogens with zero attached hydrogens (tertiary/aromatic N) is 1. The Hall–Kier alpha value is -1.65. The van der Waals surface area contributed by atoms with E-state index in [0.717, 1.165) is 57.4 Å². The lowest BCUT2D eigenvalue weighted by Gasteiger charge is -2.35. The number of hydrogen-bond donors (Lipinski definition) is 0. The first-order valence-electron chi connectivity index (χ1n) is 11.8. The minimum Gasteiger partial charge on any atom is -0.426 e. The molecule has 1 unspecified atom stereocenters. The standard InChI is InChI=1S/C26H37NO2S/c1-3-5-6-7-13-26(28)29-25-12-8-10-21-20-22(14-15-24(21)25)27(17-4-2)18-16-23-11-9-19-30-23/h8-12,19,22H,3-7,13-18,20H2,1-2H3. The Morgan fingerprint density at radius 1 is 1.10 bits per heavy atom. The van der Waals surface area contributed by atoms with E-state index in [1.807, 2.05) is 17.4 Å². The van der Waals surface area contributed by atoms with Crippen LogP contribution < -0.4 is 4.74 Å². The van der Waals surface area contributed by atoms with Crippen LogP contribution in [0, 0.1) is 0 Å². The third-order valence-corrected chi connectivity index (χ3v) is 7.06. The van der Waals surface area contributed by atoms with Crippen LogP contribution in [0.1, 0.15) is 74.8 Å². The van der Waals surface area contributed by atoms with Crippen molar-refractivity contribution in [3.05, 3.63) is 51.7 Å². The van der Waals surface area contributed by atoms with E-state index in [9.17, 15) is 4.79 Å². The number of carbonyl (C=O) groups excluding carboxylic acids is 1. The van der Waals surface area contributed by atoms with Crippen LogP contribution in [0.4, 0.5) is 0 Å². The lowest BCUT2D eigenvalue weighted by molar-refractivity contribution is -0.134. The molecule has 1 heterocycles. The highest BCUT2D eigenvalue weighted by atomic mass is 32.1. The van der Waals surface area contributed by atoms with Gasteiger partial charge in [0.15, 0.2) is 0 Å². The van der Waals surface area contributed by atoms with Crippen LogP contribution in [-0.4, -0.2) is 30.0 Å². The molecule has 1 aromatic heterocycles. The van der Waals surface area contributed by atoms with E-state index in [0.29, 0.717) is 12.5 Å². The Balaban J connectivity index is 1.59. The normalized spacial score (nSPS) is 15.9. The smallest absolute Gasteiger partial charge is 0.311 e. The molecular formula is C26H37NO2S. The molecule has 0 bridgehead atoms. The van der Waals surface area contributed by atoms with E-state index in [2.05, 4.69) is 48.4 Å². The summed E-state index contributed by atoms with van der Waals surface area (Å²) in [4.78, 5) is 16.4. The largest absolute Gasteiger partial charge is 0.426 e. The van der Waals surface area contributed by atoms with Gasteiger partial charge in [-0.25, -0.2) is 0 Å². The van der Waals surface area contributed by atoms with Crippen LogP contribution in [0.2, 0.25) is 0 Å². The molecule has 0 spiro atoms. The first-order valence-corrected chi connectivity index (χ1v) is 12.7. The molecule has 30 heavy (non-hydrogen) atoms. The second-order valence-electron chi connectivity index (χ2n) is 8.44. The SMILES string of the molecule is CCCCCCC(=O)Oc1cccc2c1CCC(N(CCC)CCc1cccs1)C2. The zero-order valence-electron chi connectivity index (χ0n) is 18.7. The van der Waals surface area contributed by atoms with E-state index in [4.69, 9.17) is 4.74 Å². The minimum absolute atomic E-state index is 0.0785. The summed E-state index contributed by atoms with van der Waals surface area (Å²) in [6.07, 6.45) is 10.5. The van der Waals surface area contributed by atoms with Crippen molar-refractivity contribution >= 4 is 17.3 Å². The number of unbranched alkanes of at least 4 members (excludes halogenated alkanes) is 3. The number of fused-ring (bicyclic) bond motifs is 1. The summed E-state index contributed by atoms with van der Waals surface area (Å²) in [6, 6.07) is 11.2. The molecule has 4 heteroatoms. The average Bonchev–Trinajstić information content (AvgIpc) is 3.28. The molecule has 0 saturated heterocycles. The Morgan fingerprint density at radius 2 is 2.00 bits per heavy atom. The van der Waals surface area contributed by atoms with Gasteiger partial charge in [-0.05, 0) is 73.7 Å². The van der Waals surface area contributed by atoms with Crippen molar-refractivity contribution in [1.82, 2.24) is 4.90 Å². The molecule has 0 amide bonds. The fraction of sp³-hybridized carbons (Fsp3) is 0.577. The Labute approximate surface area is 186 Å². The van der Waals surface area contributed by atoms with Crippen LogP contribution >= 0.6 is 11.3 Å². The van der Waals surface area contributed by atoms with Gasteiger partial charge in [-0.15, -0.1) is 11.3 Å². The molecule has 0 N–H and O–H groups in total. The molecule has 1 aliphatic rings. The van der Waals surface area contributed by atoms with Crippen molar-refractivity contribution in [2.24, 2.45) is 0 Å². The Bertz CT molecular complexity index is 771. The maximum atomic E-state index is 12.3. The maximum absolute atomic E-state index is 12.3. The lowest BCUT2D eigenvalue weighted by Crippen LogP contribution is -2.41. The highest BCUT2D eigenvalue weighted by Gasteiger charge is 2.26. The van der Waals surface area contributed by atoms with Gasteiger partial charge in [0.25, 0.3) is 0 Å². The summed E-state index contributed by atoms with van der Waals surface area (Å²) in [5.41, 5.74) is 2.62. The molecule has 0 aliphatic heterocycles. The summed E-state index contributed by atoms with van der Waals surface area (Å²) in [5, 5.41) is 2.17. The van der Waals surface area contributed by atoms with E-state index >= 15 is 0 Å². The van der Waals surface area contributed by atoms with Crippen LogP contribution in [0.5, 0.6) is 5.75 Å². The van der Waals surface area contributed by atoms with Gasteiger partial charge < -0.3 is 4.74 Å². The summed E-state index contributed by atoms with van der Waals surface area (Å²) >= 11 is 1.86. The topological polar surface area (TPSA) is 29.5 Å². The molecule has 3 rings (SSSR count). The fourth-order valence-electron chi connectivity index (χ4n) is 4.50. The van der Waals surface area contributed by atoms with Crippen LogP contribution in [0.3, 0.4) is 0 Å². The molecule has 3 nitrogen and oxygen atoms in total. The second-order valence-corrected chi connectivity index (χ2v) is 9.47. The van der Waals surface area contributed by atoms with E-state index < -0.39 is 0 Å². The minimum atomic E-state index is -0.0785. The van der Waals surface area contributed by atoms with Crippen LogP contribution in [0.25, 0.3) is 0 Å². The molecule has 164 valence electrons. The zero-order valence-corrected chi connectivity index (χ0v) is 19.5. The summed E-state index contributed by atoms with van der Waals surface area (Å²) in [5.74, 6) is 0.720. The van der Waals surface area contributed by atoms with Crippen molar-refractivity contribution in [2.75, 3.05) is 13.1 Å². The molecule has 1 aromatic carbocycles. The van der Waals surface area contributed by atoms with E-state index in [-0.39, 0.29) is 5.97 Å². The summed E-state index contributed by atoms with van der Waals surface area (Å²) in [7, 11) is 0. The summed E-state index contributed by atoms with van der Waals surface area (Å²) < 4.78 is 5.78. The van der Waals surface area contributed by atoms with Gasteiger partial charge in [0.1, 0.15) is 5.75 Å². The van der Waals surface area contributed by atoms with Crippen molar-refractivity contribution in [3.63, 3.8) is 0 Å².